The van der Waals surface area contributed by atoms with Gasteiger partial charge in [0.05, 0.1) is 21.2 Å². The van der Waals surface area contributed by atoms with Gasteiger partial charge < -0.3 is 9.84 Å². The first-order chi connectivity index (χ1) is 8.94. The first-order valence-corrected chi connectivity index (χ1v) is 7.57. The molecule has 0 radical (unpaired) electrons. The Kier molecular flexibility index (Phi) is 4.56. The molecule has 5 heteroatoms. The van der Waals surface area contributed by atoms with Crippen molar-refractivity contribution in [1.29, 1.82) is 0 Å². The molecule has 2 rings (SSSR count). The SMILES string of the molecule is CCC1(CC)C(O)CC1Oc1cc(Cl)c(Cl)cc1Cl. The minimum atomic E-state index is -0.311. The molecule has 2 nitrogen and oxygen atoms in total. The van der Waals surface area contributed by atoms with Crippen molar-refractivity contribution in [3.8, 4) is 5.75 Å². The number of ether oxygens (including phenoxy) is 1. The summed E-state index contributed by atoms with van der Waals surface area (Å²) < 4.78 is 5.95. The van der Waals surface area contributed by atoms with Crippen molar-refractivity contribution in [1.82, 2.24) is 0 Å². The van der Waals surface area contributed by atoms with Gasteiger partial charge in [-0.15, -0.1) is 0 Å². The highest BCUT2D eigenvalue weighted by molar-refractivity contribution is 6.43. The van der Waals surface area contributed by atoms with Crippen LogP contribution in [-0.4, -0.2) is 17.3 Å². The molecule has 19 heavy (non-hydrogen) atoms. The molecular weight excluding hydrogens is 307 g/mol. The number of aliphatic hydroxyl groups is 1. The highest BCUT2D eigenvalue weighted by atomic mass is 35.5. The fourth-order valence-electron chi connectivity index (χ4n) is 2.82. The summed E-state index contributed by atoms with van der Waals surface area (Å²) in [5, 5.41) is 11.3. The summed E-state index contributed by atoms with van der Waals surface area (Å²) in [4.78, 5) is 0. The van der Waals surface area contributed by atoms with Crippen molar-refractivity contribution in [2.45, 2.75) is 45.3 Å². The van der Waals surface area contributed by atoms with Crippen LogP contribution in [-0.2, 0) is 0 Å². The summed E-state index contributed by atoms with van der Waals surface area (Å²) in [6, 6.07) is 3.21. The Bertz CT molecular complexity index is 472. The lowest BCUT2D eigenvalue weighted by molar-refractivity contribution is -0.159. The third-order valence-electron chi connectivity index (χ3n) is 4.30. The minimum absolute atomic E-state index is 0.0350. The average Bonchev–Trinajstić information content (AvgIpc) is 2.36. The molecule has 0 saturated heterocycles. The van der Waals surface area contributed by atoms with Gasteiger partial charge in [-0.2, -0.15) is 0 Å². The third-order valence-corrected chi connectivity index (χ3v) is 5.32. The first kappa shape index (κ1) is 15.2. The molecule has 1 aliphatic carbocycles. The molecule has 1 aromatic carbocycles. The lowest BCUT2D eigenvalue weighted by Gasteiger charge is -2.52. The Morgan fingerprint density at radius 2 is 1.74 bits per heavy atom. The second kappa shape index (κ2) is 5.69. The van der Waals surface area contributed by atoms with E-state index in [1.165, 1.54) is 0 Å². The second-order valence-corrected chi connectivity index (χ2v) is 6.22. The Morgan fingerprint density at radius 1 is 1.16 bits per heavy atom. The molecule has 1 N–H and O–H groups in total. The van der Waals surface area contributed by atoms with Crippen LogP contribution in [0.1, 0.15) is 33.1 Å². The number of rotatable bonds is 4. The zero-order valence-electron chi connectivity index (χ0n) is 10.9. The second-order valence-electron chi connectivity index (χ2n) is 5.00. The Morgan fingerprint density at radius 3 is 2.26 bits per heavy atom. The van der Waals surface area contributed by atoms with Crippen LogP contribution < -0.4 is 4.74 Å². The predicted octanol–water partition coefficient (Wildman–Crippen LogP) is 4.97. The average molecular weight is 324 g/mol. The minimum Gasteiger partial charge on any atom is -0.488 e. The summed E-state index contributed by atoms with van der Waals surface area (Å²) in [6.07, 6.45) is 2.02. The molecular formula is C14H17Cl3O2. The van der Waals surface area contributed by atoms with Crippen LogP contribution in [0.2, 0.25) is 15.1 Å². The molecule has 0 aromatic heterocycles. The van der Waals surface area contributed by atoms with E-state index in [2.05, 4.69) is 13.8 Å². The summed E-state index contributed by atoms with van der Waals surface area (Å²) in [6.45, 7) is 4.14. The zero-order chi connectivity index (χ0) is 14.2. The molecule has 2 atom stereocenters. The van der Waals surface area contributed by atoms with Crippen LogP contribution in [0.25, 0.3) is 0 Å². The van der Waals surface area contributed by atoms with Gasteiger partial charge in [0.2, 0.25) is 0 Å². The van der Waals surface area contributed by atoms with Gasteiger partial charge in [-0.1, -0.05) is 48.7 Å². The number of hydrogen-bond donors (Lipinski definition) is 1. The van der Waals surface area contributed by atoms with E-state index in [-0.39, 0.29) is 17.6 Å². The van der Waals surface area contributed by atoms with Gasteiger partial charge in [-0.05, 0) is 18.9 Å². The van der Waals surface area contributed by atoms with Crippen LogP contribution in [0.4, 0.5) is 0 Å². The summed E-state index contributed by atoms with van der Waals surface area (Å²) in [5.41, 5.74) is -0.185. The zero-order valence-corrected chi connectivity index (χ0v) is 13.2. The number of hydrogen-bond acceptors (Lipinski definition) is 2. The molecule has 106 valence electrons. The van der Waals surface area contributed by atoms with Crippen LogP contribution >= 0.6 is 34.8 Å². The van der Waals surface area contributed by atoms with E-state index in [0.717, 1.165) is 12.8 Å². The van der Waals surface area contributed by atoms with Gasteiger partial charge in [0.15, 0.2) is 0 Å². The maximum Gasteiger partial charge on any atom is 0.139 e. The van der Waals surface area contributed by atoms with Gasteiger partial charge >= 0.3 is 0 Å². The molecule has 0 heterocycles. The van der Waals surface area contributed by atoms with Crippen LogP contribution in [0.15, 0.2) is 12.1 Å². The molecule has 0 amide bonds. The highest BCUT2D eigenvalue weighted by Crippen LogP contribution is 2.49. The molecule has 2 unspecified atom stereocenters. The number of benzene rings is 1. The van der Waals surface area contributed by atoms with Gasteiger partial charge in [0, 0.05) is 17.9 Å². The summed E-state index contributed by atoms with van der Waals surface area (Å²) in [7, 11) is 0. The van der Waals surface area contributed by atoms with Crippen molar-refractivity contribution in [2.75, 3.05) is 0 Å². The van der Waals surface area contributed by atoms with Gasteiger partial charge in [-0.25, -0.2) is 0 Å². The van der Waals surface area contributed by atoms with Crippen molar-refractivity contribution < 1.29 is 9.84 Å². The van der Waals surface area contributed by atoms with E-state index in [1.54, 1.807) is 12.1 Å². The van der Waals surface area contributed by atoms with Crippen molar-refractivity contribution in [3.05, 3.63) is 27.2 Å². The molecule has 1 aromatic rings. The standard InChI is InChI=1S/C14H17Cl3O2/c1-3-14(4-2)12(18)7-13(14)19-11-6-9(16)8(15)5-10(11)17/h5-6,12-13,18H,3-4,7H2,1-2H3. The number of halogens is 3. The van der Waals surface area contributed by atoms with Crippen molar-refractivity contribution in [3.63, 3.8) is 0 Å². The first-order valence-electron chi connectivity index (χ1n) is 6.43. The predicted molar refractivity (Wildman–Crippen MR) is 79.5 cm³/mol. The molecule has 0 aliphatic heterocycles. The van der Waals surface area contributed by atoms with E-state index in [9.17, 15) is 5.11 Å². The lowest BCUT2D eigenvalue weighted by Crippen LogP contribution is -2.59. The maximum atomic E-state index is 10.0. The summed E-state index contributed by atoms with van der Waals surface area (Å²) in [5.74, 6) is 0.527. The maximum absolute atomic E-state index is 10.0. The Labute approximate surface area is 128 Å². The molecule has 0 spiro atoms. The Hall–Kier alpha value is -0.150. The van der Waals surface area contributed by atoms with Crippen LogP contribution in [0.3, 0.4) is 0 Å². The monoisotopic (exact) mass is 322 g/mol. The highest BCUT2D eigenvalue weighted by Gasteiger charge is 2.53. The fourth-order valence-corrected chi connectivity index (χ4v) is 3.40. The van der Waals surface area contributed by atoms with E-state index < -0.39 is 0 Å². The number of aliphatic hydroxyl groups excluding tert-OH is 1. The van der Waals surface area contributed by atoms with Crippen molar-refractivity contribution in [2.24, 2.45) is 5.41 Å². The van der Waals surface area contributed by atoms with E-state index in [0.29, 0.717) is 27.2 Å². The smallest absolute Gasteiger partial charge is 0.139 e. The van der Waals surface area contributed by atoms with Crippen LogP contribution in [0.5, 0.6) is 5.75 Å². The van der Waals surface area contributed by atoms with Gasteiger partial charge in [0.1, 0.15) is 11.9 Å². The van der Waals surface area contributed by atoms with E-state index in [4.69, 9.17) is 39.5 Å². The molecule has 0 bridgehead atoms. The molecule has 1 aliphatic rings. The lowest BCUT2D eigenvalue weighted by atomic mass is 9.60. The summed E-state index contributed by atoms with van der Waals surface area (Å²) >= 11 is 18.0. The molecule has 1 saturated carbocycles. The Balaban J connectivity index is 2.21. The topological polar surface area (TPSA) is 29.5 Å². The molecule has 1 fully saturated rings. The normalized spacial score (nSPS) is 24.9. The quantitative estimate of drug-likeness (QED) is 0.793. The fraction of sp³-hybridized carbons (Fsp3) is 0.571. The van der Waals surface area contributed by atoms with Crippen molar-refractivity contribution >= 4 is 34.8 Å². The third kappa shape index (κ3) is 2.56. The van der Waals surface area contributed by atoms with Gasteiger partial charge in [-0.3, -0.25) is 0 Å². The van der Waals surface area contributed by atoms with E-state index in [1.807, 2.05) is 0 Å². The van der Waals surface area contributed by atoms with Gasteiger partial charge in [0.25, 0.3) is 0 Å². The van der Waals surface area contributed by atoms with Crippen LogP contribution in [0, 0.1) is 5.41 Å². The largest absolute Gasteiger partial charge is 0.488 e. The van der Waals surface area contributed by atoms with E-state index >= 15 is 0 Å².